The van der Waals surface area contributed by atoms with Crippen LogP contribution in [0, 0.1) is 23.7 Å². The van der Waals surface area contributed by atoms with Gasteiger partial charge in [0.2, 0.25) is 17.7 Å². The summed E-state index contributed by atoms with van der Waals surface area (Å²) in [4.78, 5) is 36.9. The van der Waals surface area contributed by atoms with E-state index in [1.807, 2.05) is 27.7 Å². The van der Waals surface area contributed by atoms with Crippen molar-refractivity contribution in [2.75, 3.05) is 7.05 Å². The summed E-state index contributed by atoms with van der Waals surface area (Å²) in [6.45, 7) is 11.5. The van der Waals surface area contributed by atoms with Crippen LogP contribution in [-0.2, 0) is 14.4 Å². The second-order valence-corrected chi connectivity index (χ2v) is 7.15. The van der Waals surface area contributed by atoms with E-state index in [0.29, 0.717) is 12.8 Å². The molecule has 0 heterocycles. The SMILES string of the molecule is C=CC[C@H](C(=O)NO)[C@@H](CC(C)C)C(=O)N[C@@H](CC(C)C)C(=O)NC. The van der Waals surface area contributed by atoms with Gasteiger partial charge in [0.05, 0.1) is 11.8 Å². The van der Waals surface area contributed by atoms with Crippen molar-refractivity contribution >= 4 is 17.7 Å². The highest BCUT2D eigenvalue weighted by atomic mass is 16.5. The monoisotopic (exact) mass is 355 g/mol. The zero-order chi connectivity index (χ0) is 19.6. The molecule has 0 bridgehead atoms. The standard InChI is InChI=1S/C18H33N3O4/c1-7-8-13(17(23)21-25)14(9-11(2)3)16(22)20-15(10-12(4)5)18(24)19-6/h7,11-15,25H,1,8-10H2,2-6H3,(H,19,24)(H,20,22)(H,21,23)/t13-,14+,15-/m0/s1. The van der Waals surface area contributed by atoms with Gasteiger partial charge in [-0.05, 0) is 31.1 Å². The van der Waals surface area contributed by atoms with Gasteiger partial charge < -0.3 is 10.6 Å². The van der Waals surface area contributed by atoms with Crippen molar-refractivity contribution in [3.63, 3.8) is 0 Å². The topological polar surface area (TPSA) is 108 Å². The molecule has 144 valence electrons. The Hall–Kier alpha value is -1.89. The lowest BCUT2D eigenvalue weighted by Crippen LogP contribution is -2.50. The summed E-state index contributed by atoms with van der Waals surface area (Å²) in [5.41, 5.74) is 1.63. The molecule has 0 aliphatic heterocycles. The van der Waals surface area contributed by atoms with Crippen LogP contribution in [0.25, 0.3) is 0 Å². The molecule has 3 atom stereocenters. The smallest absolute Gasteiger partial charge is 0.247 e. The van der Waals surface area contributed by atoms with Crippen molar-refractivity contribution in [3.8, 4) is 0 Å². The number of amides is 3. The van der Waals surface area contributed by atoms with Gasteiger partial charge in [-0.2, -0.15) is 0 Å². The molecule has 4 N–H and O–H groups in total. The maximum Gasteiger partial charge on any atom is 0.247 e. The molecule has 0 aromatic rings. The second-order valence-electron chi connectivity index (χ2n) is 7.15. The van der Waals surface area contributed by atoms with Crippen molar-refractivity contribution in [1.29, 1.82) is 0 Å². The van der Waals surface area contributed by atoms with Crippen LogP contribution in [0.3, 0.4) is 0 Å². The first-order valence-corrected chi connectivity index (χ1v) is 8.74. The van der Waals surface area contributed by atoms with Gasteiger partial charge in [0.15, 0.2) is 0 Å². The molecule has 0 fully saturated rings. The number of rotatable bonds is 11. The quantitative estimate of drug-likeness (QED) is 0.257. The number of likely N-dealkylation sites (N-methyl/N-ethyl adjacent to an activating group) is 1. The van der Waals surface area contributed by atoms with E-state index in [2.05, 4.69) is 17.2 Å². The Labute approximate surface area is 150 Å². The van der Waals surface area contributed by atoms with Crippen molar-refractivity contribution in [3.05, 3.63) is 12.7 Å². The van der Waals surface area contributed by atoms with Crippen molar-refractivity contribution in [2.45, 2.75) is 53.0 Å². The first kappa shape index (κ1) is 23.1. The Morgan fingerprint density at radius 3 is 1.92 bits per heavy atom. The van der Waals surface area contributed by atoms with E-state index >= 15 is 0 Å². The molecule has 0 radical (unpaired) electrons. The molecular weight excluding hydrogens is 322 g/mol. The maximum absolute atomic E-state index is 12.8. The molecule has 0 saturated heterocycles. The van der Waals surface area contributed by atoms with Gasteiger partial charge in [0, 0.05) is 7.05 Å². The summed E-state index contributed by atoms with van der Waals surface area (Å²) in [5, 5.41) is 14.3. The lowest BCUT2D eigenvalue weighted by Gasteiger charge is -2.28. The molecular formula is C18H33N3O4. The van der Waals surface area contributed by atoms with E-state index in [-0.39, 0.29) is 30.1 Å². The highest BCUT2D eigenvalue weighted by Crippen LogP contribution is 2.25. The highest BCUT2D eigenvalue weighted by molar-refractivity contribution is 5.91. The maximum atomic E-state index is 12.8. The van der Waals surface area contributed by atoms with Crippen molar-refractivity contribution in [1.82, 2.24) is 16.1 Å². The summed E-state index contributed by atoms with van der Waals surface area (Å²) in [6.07, 6.45) is 2.76. The van der Waals surface area contributed by atoms with Crippen molar-refractivity contribution in [2.24, 2.45) is 23.7 Å². The van der Waals surface area contributed by atoms with Crippen LogP contribution in [0.1, 0.15) is 47.0 Å². The molecule has 0 spiro atoms. The highest BCUT2D eigenvalue weighted by Gasteiger charge is 2.35. The van der Waals surface area contributed by atoms with Gasteiger partial charge >= 0.3 is 0 Å². The van der Waals surface area contributed by atoms with Gasteiger partial charge in [-0.25, -0.2) is 5.48 Å². The predicted molar refractivity (Wildman–Crippen MR) is 96.6 cm³/mol. The molecule has 0 aromatic heterocycles. The summed E-state index contributed by atoms with van der Waals surface area (Å²) >= 11 is 0. The Bertz CT molecular complexity index is 463. The number of hydrogen-bond acceptors (Lipinski definition) is 4. The van der Waals surface area contributed by atoms with Gasteiger partial charge in [0.1, 0.15) is 6.04 Å². The first-order chi connectivity index (χ1) is 11.7. The number of carbonyl (C=O) groups is 3. The van der Waals surface area contributed by atoms with Crippen LogP contribution in [-0.4, -0.2) is 36.0 Å². The molecule has 0 aliphatic carbocycles. The Kier molecular flexibility index (Phi) is 10.7. The van der Waals surface area contributed by atoms with Crippen LogP contribution in [0.2, 0.25) is 0 Å². The van der Waals surface area contributed by atoms with Gasteiger partial charge in [-0.1, -0.05) is 33.8 Å². The van der Waals surface area contributed by atoms with Crippen LogP contribution in [0.4, 0.5) is 0 Å². The van der Waals surface area contributed by atoms with E-state index in [9.17, 15) is 14.4 Å². The summed E-state index contributed by atoms with van der Waals surface area (Å²) in [5.74, 6) is -2.27. The number of hydrogen-bond donors (Lipinski definition) is 4. The molecule has 3 amide bonds. The van der Waals surface area contributed by atoms with Crippen molar-refractivity contribution < 1.29 is 19.6 Å². The van der Waals surface area contributed by atoms with Crippen LogP contribution in [0.5, 0.6) is 0 Å². The minimum absolute atomic E-state index is 0.165. The molecule has 0 unspecified atom stereocenters. The van der Waals surface area contributed by atoms with Gasteiger partial charge in [-0.15, -0.1) is 6.58 Å². The number of allylic oxidation sites excluding steroid dienone is 1. The van der Waals surface area contributed by atoms with E-state index in [1.54, 1.807) is 11.6 Å². The molecule has 0 rings (SSSR count). The average Bonchev–Trinajstić information content (AvgIpc) is 2.55. The number of hydroxylamine groups is 1. The van der Waals surface area contributed by atoms with Crippen LogP contribution >= 0.6 is 0 Å². The molecule has 0 aliphatic rings. The fourth-order valence-corrected chi connectivity index (χ4v) is 2.83. The fourth-order valence-electron chi connectivity index (χ4n) is 2.83. The lowest BCUT2D eigenvalue weighted by atomic mass is 9.82. The van der Waals surface area contributed by atoms with E-state index < -0.39 is 23.8 Å². The summed E-state index contributed by atoms with van der Waals surface area (Å²) in [6, 6.07) is -0.659. The van der Waals surface area contributed by atoms with E-state index in [4.69, 9.17) is 5.21 Å². The largest absolute Gasteiger partial charge is 0.357 e. The molecule has 25 heavy (non-hydrogen) atoms. The Morgan fingerprint density at radius 2 is 1.52 bits per heavy atom. The third-order valence-electron chi connectivity index (χ3n) is 4.00. The summed E-state index contributed by atoms with van der Waals surface area (Å²) < 4.78 is 0. The lowest BCUT2D eigenvalue weighted by molar-refractivity contribution is -0.141. The minimum atomic E-state index is -0.741. The number of carbonyl (C=O) groups excluding carboxylic acids is 3. The third kappa shape index (κ3) is 8.16. The molecule has 0 aromatic carbocycles. The molecule has 0 saturated carbocycles. The molecule has 7 heteroatoms. The normalized spacial score (nSPS) is 14.6. The average molecular weight is 355 g/mol. The van der Waals surface area contributed by atoms with Crippen LogP contribution in [0.15, 0.2) is 12.7 Å². The number of nitrogens with one attached hydrogen (secondary N) is 3. The Balaban J connectivity index is 5.46. The fraction of sp³-hybridized carbons (Fsp3) is 0.722. The predicted octanol–water partition coefficient (Wildman–Crippen LogP) is 1.62. The zero-order valence-corrected chi connectivity index (χ0v) is 16.0. The third-order valence-corrected chi connectivity index (χ3v) is 4.00. The van der Waals surface area contributed by atoms with Gasteiger partial charge in [-0.3, -0.25) is 19.6 Å². The molecule has 7 nitrogen and oxygen atoms in total. The first-order valence-electron chi connectivity index (χ1n) is 8.74. The summed E-state index contributed by atoms with van der Waals surface area (Å²) in [7, 11) is 1.52. The van der Waals surface area contributed by atoms with E-state index in [0.717, 1.165) is 0 Å². The zero-order valence-electron chi connectivity index (χ0n) is 16.0. The van der Waals surface area contributed by atoms with E-state index in [1.165, 1.54) is 7.05 Å². The Morgan fingerprint density at radius 1 is 0.960 bits per heavy atom. The van der Waals surface area contributed by atoms with Crippen LogP contribution < -0.4 is 16.1 Å². The minimum Gasteiger partial charge on any atom is -0.357 e. The van der Waals surface area contributed by atoms with Gasteiger partial charge in [0.25, 0.3) is 0 Å². The second kappa shape index (κ2) is 11.6.